The van der Waals surface area contributed by atoms with Gasteiger partial charge in [0.05, 0.1) is 13.7 Å². The third-order valence-corrected chi connectivity index (χ3v) is 3.39. The Morgan fingerprint density at radius 3 is 2.48 bits per heavy atom. The van der Waals surface area contributed by atoms with Gasteiger partial charge in [0.15, 0.2) is 0 Å². The van der Waals surface area contributed by atoms with Crippen molar-refractivity contribution < 1.29 is 9.47 Å². The van der Waals surface area contributed by atoms with Gasteiger partial charge in [-0.1, -0.05) is 36.4 Å². The molecule has 0 fully saturated rings. The molecule has 3 heteroatoms. The molecule has 2 aromatic rings. The Morgan fingerprint density at radius 2 is 1.76 bits per heavy atom. The van der Waals surface area contributed by atoms with Gasteiger partial charge in [-0.25, -0.2) is 0 Å². The highest BCUT2D eigenvalue weighted by Gasteiger charge is 2.10. The first-order chi connectivity index (χ1) is 10.3. The Bertz CT molecular complexity index is 528. The number of hydrogen-bond acceptors (Lipinski definition) is 3. The standard InChI is InChI=1S/C18H23NO2/c1-19-13-16(11-15-7-4-3-5-8-15)14-21-18-10-6-9-17(12-18)20-2/h3-10,12,16,19H,11,13-14H2,1-2H3. The molecule has 1 unspecified atom stereocenters. The summed E-state index contributed by atoms with van der Waals surface area (Å²) in [4.78, 5) is 0. The van der Waals surface area contributed by atoms with Crippen LogP contribution in [0.5, 0.6) is 11.5 Å². The van der Waals surface area contributed by atoms with Crippen LogP contribution in [0.15, 0.2) is 54.6 Å². The Morgan fingerprint density at radius 1 is 1.00 bits per heavy atom. The molecule has 0 aromatic heterocycles. The van der Waals surface area contributed by atoms with Crippen molar-refractivity contribution in [3.63, 3.8) is 0 Å². The number of nitrogens with one attached hydrogen (secondary N) is 1. The van der Waals surface area contributed by atoms with E-state index in [9.17, 15) is 0 Å². The van der Waals surface area contributed by atoms with Gasteiger partial charge in [0.1, 0.15) is 11.5 Å². The Hall–Kier alpha value is -2.00. The predicted molar refractivity (Wildman–Crippen MR) is 86.1 cm³/mol. The minimum atomic E-state index is 0.434. The van der Waals surface area contributed by atoms with Crippen LogP contribution in [0.1, 0.15) is 5.56 Å². The van der Waals surface area contributed by atoms with Crippen LogP contribution in [0, 0.1) is 5.92 Å². The maximum absolute atomic E-state index is 5.92. The van der Waals surface area contributed by atoms with Gasteiger partial charge in [0, 0.05) is 18.5 Å². The Labute approximate surface area is 126 Å². The molecule has 2 rings (SSSR count). The summed E-state index contributed by atoms with van der Waals surface area (Å²) in [5.41, 5.74) is 1.34. The molecule has 21 heavy (non-hydrogen) atoms. The molecule has 0 saturated heterocycles. The molecule has 0 spiro atoms. The van der Waals surface area contributed by atoms with Crippen molar-refractivity contribution in [3.05, 3.63) is 60.2 Å². The quantitative estimate of drug-likeness (QED) is 0.808. The van der Waals surface area contributed by atoms with Crippen LogP contribution in [-0.2, 0) is 6.42 Å². The van der Waals surface area contributed by atoms with E-state index in [0.717, 1.165) is 24.5 Å². The maximum atomic E-state index is 5.92. The van der Waals surface area contributed by atoms with E-state index in [1.165, 1.54) is 5.56 Å². The first-order valence-electron chi connectivity index (χ1n) is 7.27. The molecule has 0 aliphatic heterocycles. The first-order valence-corrected chi connectivity index (χ1v) is 7.27. The van der Waals surface area contributed by atoms with Crippen molar-refractivity contribution >= 4 is 0 Å². The summed E-state index contributed by atoms with van der Waals surface area (Å²) in [6.07, 6.45) is 1.01. The molecule has 0 bridgehead atoms. The van der Waals surface area contributed by atoms with Crippen molar-refractivity contribution in [2.75, 3.05) is 27.3 Å². The van der Waals surface area contributed by atoms with E-state index in [2.05, 4.69) is 29.6 Å². The van der Waals surface area contributed by atoms with E-state index in [1.54, 1.807) is 7.11 Å². The number of ether oxygens (including phenoxy) is 2. The summed E-state index contributed by atoms with van der Waals surface area (Å²) < 4.78 is 11.1. The van der Waals surface area contributed by atoms with Gasteiger partial charge in [-0.05, 0) is 31.2 Å². The zero-order valence-corrected chi connectivity index (χ0v) is 12.7. The first kappa shape index (κ1) is 15.4. The molecule has 0 aliphatic carbocycles. The van der Waals surface area contributed by atoms with Crippen molar-refractivity contribution in [2.45, 2.75) is 6.42 Å². The number of rotatable bonds is 8. The Balaban J connectivity index is 1.93. The van der Waals surface area contributed by atoms with Gasteiger partial charge in [-0.15, -0.1) is 0 Å². The second-order valence-corrected chi connectivity index (χ2v) is 5.10. The minimum absolute atomic E-state index is 0.434. The smallest absolute Gasteiger partial charge is 0.122 e. The molecule has 0 saturated carbocycles. The van der Waals surface area contributed by atoms with Crippen LogP contribution in [0.3, 0.4) is 0 Å². The molecule has 0 amide bonds. The molecule has 0 radical (unpaired) electrons. The molecule has 2 aromatic carbocycles. The van der Waals surface area contributed by atoms with Crippen LogP contribution in [0.2, 0.25) is 0 Å². The van der Waals surface area contributed by atoms with Crippen molar-refractivity contribution in [1.82, 2.24) is 5.32 Å². The molecule has 112 valence electrons. The summed E-state index contributed by atoms with van der Waals surface area (Å²) in [5.74, 6) is 2.10. The zero-order valence-electron chi connectivity index (χ0n) is 12.7. The highest BCUT2D eigenvalue weighted by atomic mass is 16.5. The lowest BCUT2D eigenvalue weighted by molar-refractivity contribution is 0.244. The molecule has 1 atom stereocenters. The topological polar surface area (TPSA) is 30.5 Å². The molecule has 1 N–H and O–H groups in total. The second kappa shape index (κ2) is 8.32. The van der Waals surface area contributed by atoms with Crippen LogP contribution in [-0.4, -0.2) is 27.3 Å². The van der Waals surface area contributed by atoms with Crippen LogP contribution in [0.4, 0.5) is 0 Å². The maximum Gasteiger partial charge on any atom is 0.122 e. The van der Waals surface area contributed by atoms with Crippen molar-refractivity contribution in [3.8, 4) is 11.5 Å². The summed E-state index contributed by atoms with van der Waals surface area (Å²) in [5, 5.41) is 3.24. The van der Waals surface area contributed by atoms with Crippen LogP contribution in [0.25, 0.3) is 0 Å². The van der Waals surface area contributed by atoms with Gasteiger partial charge >= 0.3 is 0 Å². The highest BCUT2D eigenvalue weighted by Crippen LogP contribution is 2.20. The lowest BCUT2D eigenvalue weighted by atomic mass is 10.00. The van der Waals surface area contributed by atoms with E-state index in [-0.39, 0.29) is 0 Å². The highest BCUT2D eigenvalue weighted by molar-refractivity contribution is 5.32. The Kier molecular flexibility index (Phi) is 6.10. The summed E-state index contributed by atoms with van der Waals surface area (Å²) in [6, 6.07) is 18.3. The summed E-state index contributed by atoms with van der Waals surface area (Å²) in [7, 11) is 3.64. The van der Waals surface area contributed by atoms with Crippen LogP contribution >= 0.6 is 0 Å². The average molecular weight is 285 g/mol. The van der Waals surface area contributed by atoms with E-state index in [0.29, 0.717) is 12.5 Å². The average Bonchev–Trinajstić information content (AvgIpc) is 2.54. The monoisotopic (exact) mass is 285 g/mol. The van der Waals surface area contributed by atoms with Gasteiger partial charge < -0.3 is 14.8 Å². The van der Waals surface area contributed by atoms with E-state index >= 15 is 0 Å². The molecule has 3 nitrogen and oxygen atoms in total. The molecule has 0 aliphatic rings. The fourth-order valence-corrected chi connectivity index (χ4v) is 2.33. The van der Waals surface area contributed by atoms with E-state index in [1.807, 2.05) is 37.4 Å². The molecular weight excluding hydrogens is 262 g/mol. The largest absolute Gasteiger partial charge is 0.497 e. The zero-order chi connectivity index (χ0) is 14.9. The van der Waals surface area contributed by atoms with Gasteiger partial charge in [-0.3, -0.25) is 0 Å². The van der Waals surface area contributed by atoms with Gasteiger partial charge in [0.2, 0.25) is 0 Å². The van der Waals surface area contributed by atoms with Crippen molar-refractivity contribution in [2.24, 2.45) is 5.92 Å². The summed E-state index contributed by atoms with van der Waals surface area (Å²) in [6.45, 7) is 1.61. The van der Waals surface area contributed by atoms with Gasteiger partial charge in [-0.2, -0.15) is 0 Å². The lowest BCUT2D eigenvalue weighted by Gasteiger charge is -2.18. The fraction of sp³-hybridized carbons (Fsp3) is 0.333. The molecule has 0 heterocycles. The predicted octanol–water partition coefficient (Wildman–Crippen LogP) is 3.15. The number of methoxy groups -OCH3 is 1. The third-order valence-electron chi connectivity index (χ3n) is 3.39. The lowest BCUT2D eigenvalue weighted by Crippen LogP contribution is -2.26. The van der Waals surface area contributed by atoms with Gasteiger partial charge in [0.25, 0.3) is 0 Å². The number of hydrogen-bond donors (Lipinski definition) is 1. The van der Waals surface area contributed by atoms with E-state index < -0.39 is 0 Å². The minimum Gasteiger partial charge on any atom is -0.497 e. The van der Waals surface area contributed by atoms with Crippen LogP contribution < -0.4 is 14.8 Å². The van der Waals surface area contributed by atoms with Crippen molar-refractivity contribution in [1.29, 1.82) is 0 Å². The number of benzene rings is 2. The summed E-state index contributed by atoms with van der Waals surface area (Å²) >= 11 is 0. The fourth-order valence-electron chi connectivity index (χ4n) is 2.33. The third kappa shape index (κ3) is 5.12. The SMILES string of the molecule is CNCC(COc1cccc(OC)c1)Cc1ccccc1. The normalized spacial score (nSPS) is 11.9. The van der Waals surface area contributed by atoms with E-state index in [4.69, 9.17) is 9.47 Å². The second-order valence-electron chi connectivity index (χ2n) is 5.10. The molecular formula is C18H23NO2.